The fourth-order valence-corrected chi connectivity index (χ4v) is 0.907. The summed E-state index contributed by atoms with van der Waals surface area (Å²) in [6.07, 6.45) is -0.955. The summed E-state index contributed by atoms with van der Waals surface area (Å²) in [4.78, 5) is 10.4. The SMILES string of the molecule is COc1ccc(O[C@H](C)C(=O)[O-])cc1. The molecule has 0 fully saturated rings. The van der Waals surface area contributed by atoms with Gasteiger partial charge in [0.05, 0.1) is 13.1 Å². The van der Waals surface area contributed by atoms with Crippen molar-refractivity contribution in [2.75, 3.05) is 7.11 Å². The Bertz CT molecular complexity index is 304. The Morgan fingerprint density at radius 2 is 1.79 bits per heavy atom. The monoisotopic (exact) mass is 195 g/mol. The maximum absolute atomic E-state index is 10.4. The van der Waals surface area contributed by atoms with Gasteiger partial charge in [-0.1, -0.05) is 0 Å². The van der Waals surface area contributed by atoms with Gasteiger partial charge in [-0.05, 0) is 31.2 Å². The van der Waals surface area contributed by atoms with Crippen LogP contribution in [0.2, 0.25) is 0 Å². The van der Waals surface area contributed by atoms with E-state index in [4.69, 9.17) is 9.47 Å². The first kappa shape index (κ1) is 10.4. The van der Waals surface area contributed by atoms with Crippen LogP contribution in [0.5, 0.6) is 11.5 Å². The van der Waals surface area contributed by atoms with Crippen molar-refractivity contribution in [1.29, 1.82) is 0 Å². The molecule has 0 bridgehead atoms. The number of carbonyl (C=O) groups is 1. The second-order valence-electron chi connectivity index (χ2n) is 2.75. The third kappa shape index (κ3) is 2.65. The zero-order chi connectivity index (χ0) is 10.6. The number of aliphatic carboxylic acids is 1. The lowest BCUT2D eigenvalue weighted by Gasteiger charge is -2.15. The van der Waals surface area contributed by atoms with Crippen LogP contribution in [0.1, 0.15) is 6.92 Å². The lowest BCUT2D eigenvalue weighted by atomic mass is 10.3. The lowest BCUT2D eigenvalue weighted by Crippen LogP contribution is -2.37. The van der Waals surface area contributed by atoms with Crippen molar-refractivity contribution in [2.45, 2.75) is 13.0 Å². The molecule has 0 saturated carbocycles. The number of carbonyl (C=O) groups excluding carboxylic acids is 1. The minimum atomic E-state index is -1.24. The molecule has 0 aliphatic carbocycles. The summed E-state index contributed by atoms with van der Waals surface area (Å²) in [5.74, 6) is -0.0678. The Balaban J connectivity index is 2.64. The minimum absolute atomic E-state index is 0.475. The predicted octanol–water partition coefficient (Wildman–Crippen LogP) is 0.212. The quantitative estimate of drug-likeness (QED) is 0.689. The lowest BCUT2D eigenvalue weighted by molar-refractivity contribution is -0.312. The highest BCUT2D eigenvalue weighted by Gasteiger charge is 2.03. The van der Waals surface area contributed by atoms with E-state index in [9.17, 15) is 9.90 Å². The molecule has 0 spiro atoms. The Morgan fingerprint density at radius 1 is 1.29 bits per heavy atom. The summed E-state index contributed by atoms with van der Waals surface area (Å²) in [7, 11) is 1.56. The minimum Gasteiger partial charge on any atom is -0.546 e. The van der Waals surface area contributed by atoms with E-state index in [0.717, 1.165) is 0 Å². The molecule has 14 heavy (non-hydrogen) atoms. The highest BCUT2D eigenvalue weighted by molar-refractivity contribution is 5.69. The van der Waals surface area contributed by atoms with Gasteiger partial charge in [-0.25, -0.2) is 0 Å². The van der Waals surface area contributed by atoms with Crippen LogP contribution in [0.3, 0.4) is 0 Å². The first-order valence-corrected chi connectivity index (χ1v) is 4.15. The molecule has 0 saturated heterocycles. The highest BCUT2D eigenvalue weighted by Crippen LogP contribution is 2.17. The zero-order valence-electron chi connectivity index (χ0n) is 8.02. The van der Waals surface area contributed by atoms with Gasteiger partial charge in [-0.15, -0.1) is 0 Å². The summed E-state index contributed by atoms with van der Waals surface area (Å²) in [5, 5.41) is 10.4. The average molecular weight is 195 g/mol. The molecule has 0 unspecified atom stereocenters. The van der Waals surface area contributed by atoms with E-state index in [1.54, 1.807) is 31.4 Å². The number of ether oxygens (including phenoxy) is 2. The van der Waals surface area contributed by atoms with Crippen LogP contribution < -0.4 is 14.6 Å². The Hall–Kier alpha value is -1.71. The summed E-state index contributed by atoms with van der Waals surface area (Å²) in [6.45, 7) is 1.42. The summed E-state index contributed by atoms with van der Waals surface area (Å²) >= 11 is 0. The number of hydrogen-bond acceptors (Lipinski definition) is 4. The molecule has 0 aliphatic rings. The molecule has 0 amide bonds. The molecule has 4 nitrogen and oxygen atoms in total. The molecular formula is C10H11O4-. The van der Waals surface area contributed by atoms with E-state index in [1.807, 2.05) is 0 Å². The van der Waals surface area contributed by atoms with Crippen molar-refractivity contribution in [3.8, 4) is 11.5 Å². The second-order valence-corrected chi connectivity index (χ2v) is 2.75. The van der Waals surface area contributed by atoms with Gasteiger partial charge >= 0.3 is 0 Å². The summed E-state index contributed by atoms with van der Waals surface area (Å²) in [6, 6.07) is 6.66. The normalized spacial score (nSPS) is 11.9. The topological polar surface area (TPSA) is 58.6 Å². The molecule has 1 aromatic rings. The predicted molar refractivity (Wildman–Crippen MR) is 48.1 cm³/mol. The molecule has 0 aliphatic heterocycles. The van der Waals surface area contributed by atoms with Gasteiger partial charge < -0.3 is 19.4 Å². The molecule has 0 radical (unpaired) electrons. The van der Waals surface area contributed by atoms with Crippen molar-refractivity contribution in [3.63, 3.8) is 0 Å². The van der Waals surface area contributed by atoms with Gasteiger partial charge in [0.2, 0.25) is 0 Å². The van der Waals surface area contributed by atoms with Crippen LogP contribution in [0, 0.1) is 0 Å². The summed E-state index contributed by atoms with van der Waals surface area (Å²) < 4.78 is 10.00. The van der Waals surface area contributed by atoms with Crippen LogP contribution in [0.15, 0.2) is 24.3 Å². The third-order valence-electron chi connectivity index (χ3n) is 1.70. The average Bonchev–Trinajstić information content (AvgIpc) is 2.19. The fourth-order valence-electron chi connectivity index (χ4n) is 0.907. The first-order valence-electron chi connectivity index (χ1n) is 4.15. The van der Waals surface area contributed by atoms with E-state index in [2.05, 4.69) is 0 Å². The van der Waals surface area contributed by atoms with Gasteiger partial charge in [0.25, 0.3) is 0 Å². The highest BCUT2D eigenvalue weighted by atomic mass is 16.5. The van der Waals surface area contributed by atoms with Crippen molar-refractivity contribution < 1.29 is 19.4 Å². The molecule has 0 N–H and O–H groups in total. The maximum atomic E-state index is 10.4. The van der Waals surface area contributed by atoms with Crippen LogP contribution in [-0.4, -0.2) is 19.2 Å². The number of hydrogen-bond donors (Lipinski definition) is 0. The zero-order valence-corrected chi connectivity index (χ0v) is 8.02. The molecular weight excluding hydrogens is 184 g/mol. The molecule has 1 atom stereocenters. The smallest absolute Gasteiger partial charge is 0.135 e. The van der Waals surface area contributed by atoms with Crippen molar-refractivity contribution in [1.82, 2.24) is 0 Å². The van der Waals surface area contributed by atoms with E-state index in [0.29, 0.717) is 11.5 Å². The second kappa shape index (κ2) is 4.50. The van der Waals surface area contributed by atoms with Crippen molar-refractivity contribution >= 4 is 5.97 Å². The first-order chi connectivity index (χ1) is 6.63. The number of carboxylic acids is 1. The molecule has 0 aromatic heterocycles. The van der Waals surface area contributed by atoms with Gasteiger partial charge in [0.1, 0.15) is 17.6 Å². The standard InChI is InChI=1S/C10H12O4/c1-7(10(11)12)14-9-5-3-8(13-2)4-6-9/h3-7H,1-2H3,(H,11,12)/p-1/t7-/m1/s1. The number of benzene rings is 1. The maximum Gasteiger partial charge on any atom is 0.135 e. The fraction of sp³-hybridized carbons (Fsp3) is 0.300. The van der Waals surface area contributed by atoms with E-state index in [1.165, 1.54) is 6.92 Å². The van der Waals surface area contributed by atoms with E-state index >= 15 is 0 Å². The summed E-state index contributed by atoms with van der Waals surface area (Å²) in [5.41, 5.74) is 0. The van der Waals surface area contributed by atoms with Gasteiger partial charge in [0.15, 0.2) is 0 Å². The van der Waals surface area contributed by atoms with Crippen LogP contribution in [-0.2, 0) is 4.79 Å². The Kier molecular flexibility index (Phi) is 3.34. The molecule has 0 heterocycles. The van der Waals surface area contributed by atoms with Gasteiger partial charge in [0, 0.05) is 0 Å². The van der Waals surface area contributed by atoms with Crippen molar-refractivity contribution in [3.05, 3.63) is 24.3 Å². The molecule has 1 rings (SSSR count). The number of rotatable bonds is 4. The Morgan fingerprint density at radius 3 is 2.21 bits per heavy atom. The van der Waals surface area contributed by atoms with Gasteiger partial charge in [-0.2, -0.15) is 0 Å². The van der Waals surface area contributed by atoms with Crippen LogP contribution >= 0.6 is 0 Å². The van der Waals surface area contributed by atoms with E-state index in [-0.39, 0.29) is 0 Å². The van der Waals surface area contributed by atoms with E-state index < -0.39 is 12.1 Å². The van der Waals surface area contributed by atoms with Crippen LogP contribution in [0.25, 0.3) is 0 Å². The molecule has 76 valence electrons. The molecule has 1 aromatic carbocycles. The third-order valence-corrected chi connectivity index (χ3v) is 1.70. The Labute approximate surface area is 82.1 Å². The van der Waals surface area contributed by atoms with Crippen molar-refractivity contribution in [2.24, 2.45) is 0 Å². The molecule has 4 heteroatoms. The van der Waals surface area contributed by atoms with Gasteiger partial charge in [-0.3, -0.25) is 0 Å². The largest absolute Gasteiger partial charge is 0.546 e. The number of methoxy groups -OCH3 is 1. The van der Waals surface area contributed by atoms with Crippen LogP contribution in [0.4, 0.5) is 0 Å². The number of carboxylic acid groups (broad SMARTS) is 1.